The number of hydrogen-bond acceptors (Lipinski definition) is 2. The van der Waals surface area contributed by atoms with Gasteiger partial charge in [0.15, 0.2) is 5.78 Å². The number of Topliss-reactive ketones (excluding diaryl/α,β-unsaturated/α-hetero) is 1. The second kappa shape index (κ2) is 5.69. The van der Waals surface area contributed by atoms with Crippen LogP contribution >= 0.6 is 0 Å². The highest BCUT2D eigenvalue weighted by Gasteiger charge is 2.42. The summed E-state index contributed by atoms with van der Waals surface area (Å²) in [6.07, 6.45) is 3.96. The van der Waals surface area contributed by atoms with Crippen molar-refractivity contribution < 1.29 is 9.53 Å². The average molecular weight is 274 g/mol. The molecule has 1 aromatic carbocycles. The van der Waals surface area contributed by atoms with E-state index in [-0.39, 0.29) is 5.78 Å². The van der Waals surface area contributed by atoms with Crippen molar-refractivity contribution in [2.24, 2.45) is 5.92 Å². The predicted molar refractivity (Wildman–Crippen MR) is 82.4 cm³/mol. The Hall–Kier alpha value is -1.15. The third-order valence-corrected chi connectivity index (χ3v) is 4.85. The Kier molecular flexibility index (Phi) is 4.33. The minimum atomic E-state index is -0.607. The Morgan fingerprint density at radius 3 is 2.45 bits per heavy atom. The first-order valence-corrected chi connectivity index (χ1v) is 7.57. The average Bonchev–Trinajstić information content (AvgIpc) is 2.42. The Labute approximate surface area is 122 Å². The summed E-state index contributed by atoms with van der Waals surface area (Å²) in [7, 11) is 1.69. The molecule has 0 aliphatic heterocycles. The standard InChI is InChI=1S/C18H26O2/c1-12-7-6-8-18(11-12,20-5)17(19)16-10-14(3)13(2)9-15(16)4/h9-10,12H,6-8,11H2,1-5H3. The van der Waals surface area contributed by atoms with Crippen LogP contribution in [0, 0.1) is 26.7 Å². The van der Waals surface area contributed by atoms with Crippen LogP contribution in [-0.2, 0) is 4.74 Å². The van der Waals surface area contributed by atoms with Crippen LogP contribution in [0.25, 0.3) is 0 Å². The number of hydrogen-bond donors (Lipinski definition) is 0. The molecule has 1 aliphatic carbocycles. The van der Waals surface area contributed by atoms with E-state index in [4.69, 9.17) is 4.74 Å². The molecular formula is C18H26O2. The monoisotopic (exact) mass is 274 g/mol. The molecule has 0 aromatic heterocycles. The van der Waals surface area contributed by atoms with Crippen LogP contribution < -0.4 is 0 Å². The maximum absolute atomic E-state index is 13.1. The minimum absolute atomic E-state index is 0.173. The number of aryl methyl sites for hydroxylation is 3. The zero-order valence-electron chi connectivity index (χ0n) is 13.4. The van der Waals surface area contributed by atoms with E-state index in [9.17, 15) is 4.79 Å². The van der Waals surface area contributed by atoms with Gasteiger partial charge in [-0.05, 0) is 68.7 Å². The van der Waals surface area contributed by atoms with Gasteiger partial charge in [-0.25, -0.2) is 0 Å². The fourth-order valence-corrected chi connectivity index (χ4v) is 3.44. The summed E-state index contributed by atoms with van der Waals surface area (Å²) in [4.78, 5) is 13.1. The highest BCUT2D eigenvalue weighted by Crippen LogP contribution is 2.38. The van der Waals surface area contributed by atoms with E-state index in [1.54, 1.807) is 7.11 Å². The smallest absolute Gasteiger partial charge is 0.194 e. The lowest BCUT2D eigenvalue weighted by molar-refractivity contribution is -0.0303. The SMILES string of the molecule is COC1(C(=O)c2cc(C)c(C)cc2C)CCCC(C)C1. The molecule has 1 fully saturated rings. The summed E-state index contributed by atoms with van der Waals surface area (Å²) in [5.41, 5.74) is 3.71. The van der Waals surface area contributed by atoms with Gasteiger partial charge in [0.25, 0.3) is 0 Å². The number of rotatable bonds is 3. The summed E-state index contributed by atoms with van der Waals surface area (Å²) in [5.74, 6) is 0.728. The maximum Gasteiger partial charge on any atom is 0.194 e. The van der Waals surface area contributed by atoms with E-state index < -0.39 is 5.60 Å². The lowest BCUT2D eigenvalue weighted by Crippen LogP contribution is -2.45. The molecule has 0 spiro atoms. The van der Waals surface area contributed by atoms with E-state index in [1.165, 1.54) is 17.5 Å². The van der Waals surface area contributed by atoms with Crippen molar-refractivity contribution in [1.29, 1.82) is 0 Å². The molecule has 2 heteroatoms. The quantitative estimate of drug-likeness (QED) is 0.764. The van der Waals surface area contributed by atoms with Crippen LogP contribution in [0.15, 0.2) is 12.1 Å². The zero-order valence-corrected chi connectivity index (χ0v) is 13.4. The first-order chi connectivity index (χ1) is 9.39. The van der Waals surface area contributed by atoms with Gasteiger partial charge < -0.3 is 4.74 Å². The van der Waals surface area contributed by atoms with Crippen molar-refractivity contribution in [3.8, 4) is 0 Å². The first-order valence-electron chi connectivity index (χ1n) is 7.57. The Bertz CT molecular complexity index is 518. The molecule has 0 bridgehead atoms. The molecule has 2 rings (SSSR count). The zero-order chi connectivity index (χ0) is 14.9. The molecule has 2 unspecified atom stereocenters. The Balaban J connectivity index is 2.41. The minimum Gasteiger partial charge on any atom is -0.370 e. The molecule has 0 N–H and O–H groups in total. The molecule has 0 radical (unpaired) electrons. The number of ether oxygens (including phenoxy) is 1. The number of methoxy groups -OCH3 is 1. The number of benzene rings is 1. The first kappa shape index (κ1) is 15.2. The van der Waals surface area contributed by atoms with Gasteiger partial charge in [-0.3, -0.25) is 4.79 Å². The van der Waals surface area contributed by atoms with Crippen LogP contribution in [0.2, 0.25) is 0 Å². The third kappa shape index (κ3) is 2.67. The molecule has 0 amide bonds. The summed E-state index contributed by atoms with van der Waals surface area (Å²) in [5, 5.41) is 0. The number of carbonyl (C=O) groups excluding carboxylic acids is 1. The highest BCUT2D eigenvalue weighted by atomic mass is 16.5. The van der Waals surface area contributed by atoms with Gasteiger partial charge in [0, 0.05) is 12.7 Å². The molecule has 1 aromatic rings. The van der Waals surface area contributed by atoms with Crippen LogP contribution in [0.1, 0.15) is 59.7 Å². The van der Waals surface area contributed by atoms with Crippen molar-refractivity contribution in [1.82, 2.24) is 0 Å². The molecule has 20 heavy (non-hydrogen) atoms. The molecule has 1 aliphatic rings. The van der Waals surface area contributed by atoms with Gasteiger partial charge in [-0.1, -0.05) is 19.4 Å². The fourth-order valence-electron chi connectivity index (χ4n) is 3.44. The predicted octanol–water partition coefficient (Wildman–Crippen LogP) is 4.39. The lowest BCUT2D eigenvalue weighted by atomic mass is 9.74. The molecule has 110 valence electrons. The molecule has 2 atom stereocenters. The Morgan fingerprint density at radius 2 is 1.85 bits per heavy atom. The largest absolute Gasteiger partial charge is 0.370 e. The number of carbonyl (C=O) groups is 1. The molecule has 1 saturated carbocycles. The maximum atomic E-state index is 13.1. The van der Waals surface area contributed by atoms with Crippen LogP contribution in [-0.4, -0.2) is 18.5 Å². The van der Waals surface area contributed by atoms with E-state index in [1.807, 2.05) is 13.0 Å². The van der Waals surface area contributed by atoms with Crippen molar-refractivity contribution in [3.63, 3.8) is 0 Å². The lowest BCUT2D eigenvalue weighted by Gasteiger charge is -2.38. The molecule has 0 heterocycles. The second-order valence-electron chi connectivity index (χ2n) is 6.48. The van der Waals surface area contributed by atoms with Gasteiger partial charge >= 0.3 is 0 Å². The van der Waals surface area contributed by atoms with Gasteiger partial charge in [0.05, 0.1) is 0 Å². The number of ketones is 1. The Morgan fingerprint density at radius 1 is 1.20 bits per heavy atom. The van der Waals surface area contributed by atoms with E-state index in [0.717, 1.165) is 30.4 Å². The summed E-state index contributed by atoms with van der Waals surface area (Å²) in [6, 6.07) is 4.14. The third-order valence-electron chi connectivity index (χ3n) is 4.85. The van der Waals surface area contributed by atoms with Crippen molar-refractivity contribution >= 4 is 5.78 Å². The molecule has 2 nitrogen and oxygen atoms in total. The van der Waals surface area contributed by atoms with Gasteiger partial charge in [0.2, 0.25) is 0 Å². The van der Waals surface area contributed by atoms with Gasteiger partial charge in [-0.15, -0.1) is 0 Å². The second-order valence-corrected chi connectivity index (χ2v) is 6.48. The van der Waals surface area contributed by atoms with Gasteiger partial charge in [0.1, 0.15) is 5.60 Å². The molecular weight excluding hydrogens is 248 g/mol. The van der Waals surface area contributed by atoms with Crippen molar-refractivity contribution in [2.75, 3.05) is 7.11 Å². The van der Waals surface area contributed by atoms with Crippen LogP contribution in [0.5, 0.6) is 0 Å². The topological polar surface area (TPSA) is 26.3 Å². The summed E-state index contributed by atoms with van der Waals surface area (Å²) < 4.78 is 5.74. The van der Waals surface area contributed by atoms with Crippen molar-refractivity contribution in [3.05, 3.63) is 34.4 Å². The van der Waals surface area contributed by atoms with Crippen LogP contribution in [0.4, 0.5) is 0 Å². The van der Waals surface area contributed by atoms with E-state index in [0.29, 0.717) is 5.92 Å². The normalized spacial score (nSPS) is 26.6. The van der Waals surface area contributed by atoms with Crippen molar-refractivity contribution in [2.45, 2.75) is 59.0 Å². The van der Waals surface area contributed by atoms with Gasteiger partial charge in [-0.2, -0.15) is 0 Å². The highest BCUT2D eigenvalue weighted by molar-refractivity contribution is 6.04. The van der Waals surface area contributed by atoms with E-state index in [2.05, 4.69) is 26.8 Å². The van der Waals surface area contributed by atoms with E-state index >= 15 is 0 Å². The summed E-state index contributed by atoms with van der Waals surface area (Å²) >= 11 is 0. The molecule has 0 saturated heterocycles. The summed E-state index contributed by atoms with van der Waals surface area (Å²) in [6.45, 7) is 8.39. The fraction of sp³-hybridized carbons (Fsp3) is 0.611. The van der Waals surface area contributed by atoms with Crippen LogP contribution in [0.3, 0.4) is 0 Å².